The molecule has 16 heavy (non-hydrogen) atoms. The zero-order valence-corrected chi connectivity index (χ0v) is 9.79. The van der Waals surface area contributed by atoms with Gasteiger partial charge < -0.3 is 10.6 Å². The van der Waals surface area contributed by atoms with Crippen molar-refractivity contribution in [2.45, 2.75) is 31.3 Å². The molecule has 2 heterocycles. The number of hydrogen-bond donors (Lipinski definition) is 2. The smallest absolute Gasteiger partial charge is 0.221 e. The summed E-state index contributed by atoms with van der Waals surface area (Å²) in [5.74, 6) is 0.158. The fourth-order valence-corrected chi connectivity index (χ4v) is 3.35. The van der Waals surface area contributed by atoms with E-state index in [2.05, 4.69) is 10.6 Å². The minimum Gasteiger partial charge on any atom is -0.356 e. The van der Waals surface area contributed by atoms with Gasteiger partial charge in [-0.25, -0.2) is 8.42 Å². The second-order valence-electron chi connectivity index (χ2n) is 4.32. The molecule has 0 bridgehead atoms. The Bertz CT molecular complexity index is 402. The van der Waals surface area contributed by atoms with Gasteiger partial charge in [-0.1, -0.05) is 6.08 Å². The van der Waals surface area contributed by atoms with Crippen LogP contribution in [0.3, 0.4) is 0 Å². The quantitative estimate of drug-likeness (QED) is 0.690. The Balaban J connectivity index is 1.90. The summed E-state index contributed by atoms with van der Waals surface area (Å²) in [6.07, 6.45) is 3.94. The van der Waals surface area contributed by atoms with Crippen molar-refractivity contribution in [3.63, 3.8) is 0 Å². The molecule has 90 valence electrons. The molecule has 0 radical (unpaired) electrons. The average molecular weight is 244 g/mol. The van der Waals surface area contributed by atoms with Gasteiger partial charge in [0.1, 0.15) is 0 Å². The number of rotatable bonds is 2. The second kappa shape index (κ2) is 4.55. The van der Waals surface area contributed by atoms with Crippen LogP contribution in [0, 0.1) is 0 Å². The molecule has 1 fully saturated rings. The fraction of sp³-hybridized carbons (Fsp3) is 0.700. The Morgan fingerprint density at radius 2 is 2.25 bits per heavy atom. The van der Waals surface area contributed by atoms with Crippen molar-refractivity contribution in [3.05, 3.63) is 11.5 Å². The van der Waals surface area contributed by atoms with Crippen LogP contribution in [0.4, 0.5) is 0 Å². The van der Waals surface area contributed by atoms with E-state index in [0.717, 1.165) is 19.4 Å². The molecule has 2 N–H and O–H groups in total. The first-order valence-corrected chi connectivity index (χ1v) is 7.20. The van der Waals surface area contributed by atoms with Crippen molar-refractivity contribution < 1.29 is 13.2 Å². The highest BCUT2D eigenvalue weighted by Crippen LogP contribution is 2.12. The van der Waals surface area contributed by atoms with E-state index in [1.165, 1.54) is 5.41 Å². The molecule has 1 amide bonds. The van der Waals surface area contributed by atoms with Crippen LogP contribution in [0.1, 0.15) is 19.3 Å². The van der Waals surface area contributed by atoms with Crippen LogP contribution in [-0.4, -0.2) is 38.7 Å². The second-order valence-corrected chi connectivity index (χ2v) is 6.26. The van der Waals surface area contributed by atoms with Crippen molar-refractivity contribution in [2.75, 3.05) is 12.3 Å². The molecule has 0 aromatic rings. The van der Waals surface area contributed by atoms with Gasteiger partial charge in [0.25, 0.3) is 0 Å². The summed E-state index contributed by atoms with van der Waals surface area (Å²) in [5, 5.41) is 7.27. The van der Waals surface area contributed by atoms with Crippen LogP contribution in [0.5, 0.6) is 0 Å². The van der Waals surface area contributed by atoms with Crippen LogP contribution in [-0.2, 0) is 14.6 Å². The normalized spacial score (nSPS) is 33.4. The zero-order chi connectivity index (χ0) is 11.6. The molecule has 2 unspecified atom stereocenters. The van der Waals surface area contributed by atoms with E-state index < -0.39 is 9.84 Å². The Kier molecular flexibility index (Phi) is 3.30. The number of sulfone groups is 1. The van der Waals surface area contributed by atoms with Gasteiger partial charge in [0.2, 0.25) is 5.91 Å². The molecule has 0 aliphatic carbocycles. The lowest BCUT2D eigenvalue weighted by atomic mass is 10.1. The standard InChI is InChI=1S/C10H16N2O3S/c13-10-6-8(2-1-4-11-10)12-9-3-5-16(14,15)7-9/h3,5,8-9,12H,1-2,4,6-7H2,(H,11,13). The highest BCUT2D eigenvalue weighted by Gasteiger charge is 2.25. The van der Waals surface area contributed by atoms with Crippen molar-refractivity contribution in [1.82, 2.24) is 10.6 Å². The van der Waals surface area contributed by atoms with E-state index in [0.29, 0.717) is 6.42 Å². The third-order valence-electron chi connectivity index (χ3n) is 2.86. The number of amides is 1. The number of nitrogens with one attached hydrogen (secondary N) is 2. The first-order valence-electron chi connectivity index (χ1n) is 5.49. The minimum atomic E-state index is -3.01. The van der Waals surface area contributed by atoms with Crippen LogP contribution >= 0.6 is 0 Å². The molecule has 2 aliphatic heterocycles. The van der Waals surface area contributed by atoms with Crippen molar-refractivity contribution >= 4 is 15.7 Å². The SMILES string of the molecule is O=C1CC(NC2C=CS(=O)(=O)C2)CCCN1. The van der Waals surface area contributed by atoms with E-state index >= 15 is 0 Å². The molecule has 5 nitrogen and oxygen atoms in total. The number of carbonyl (C=O) groups is 1. The van der Waals surface area contributed by atoms with Crippen LogP contribution < -0.4 is 10.6 Å². The van der Waals surface area contributed by atoms with Crippen molar-refractivity contribution in [1.29, 1.82) is 0 Å². The Hall–Kier alpha value is -0.880. The van der Waals surface area contributed by atoms with Crippen LogP contribution in [0.2, 0.25) is 0 Å². The molecule has 2 rings (SSSR count). The van der Waals surface area contributed by atoms with Gasteiger partial charge in [-0.05, 0) is 12.8 Å². The first kappa shape index (κ1) is 11.6. The zero-order valence-electron chi connectivity index (χ0n) is 8.98. The van der Waals surface area contributed by atoms with E-state index in [-0.39, 0.29) is 23.7 Å². The van der Waals surface area contributed by atoms with Gasteiger partial charge in [-0.15, -0.1) is 0 Å². The van der Waals surface area contributed by atoms with Crippen LogP contribution in [0.25, 0.3) is 0 Å². The maximum Gasteiger partial charge on any atom is 0.221 e. The molecule has 0 saturated carbocycles. The van der Waals surface area contributed by atoms with Crippen LogP contribution in [0.15, 0.2) is 11.5 Å². The molecule has 6 heteroatoms. The lowest BCUT2D eigenvalue weighted by molar-refractivity contribution is -0.121. The predicted molar refractivity (Wildman–Crippen MR) is 60.5 cm³/mol. The third-order valence-corrected chi connectivity index (χ3v) is 4.26. The molecule has 0 spiro atoms. The predicted octanol–water partition coefficient (Wildman–Crippen LogP) is -0.445. The van der Waals surface area contributed by atoms with E-state index in [9.17, 15) is 13.2 Å². The molecule has 2 aliphatic rings. The molecular weight excluding hydrogens is 228 g/mol. The highest BCUT2D eigenvalue weighted by atomic mass is 32.2. The summed E-state index contributed by atoms with van der Waals surface area (Å²) in [5.41, 5.74) is 0. The number of hydrogen-bond acceptors (Lipinski definition) is 4. The largest absolute Gasteiger partial charge is 0.356 e. The van der Waals surface area contributed by atoms with E-state index in [4.69, 9.17) is 0 Å². The summed E-state index contributed by atoms with van der Waals surface area (Å²) < 4.78 is 22.4. The summed E-state index contributed by atoms with van der Waals surface area (Å²) in [6, 6.07) is -0.0497. The summed E-state index contributed by atoms with van der Waals surface area (Å²) in [4.78, 5) is 11.3. The Labute approximate surface area is 95.2 Å². The monoisotopic (exact) mass is 244 g/mol. The lowest BCUT2D eigenvalue weighted by Crippen LogP contribution is -2.40. The van der Waals surface area contributed by atoms with Gasteiger partial charge in [0.05, 0.1) is 5.75 Å². The molecular formula is C10H16N2O3S. The third kappa shape index (κ3) is 3.05. The topological polar surface area (TPSA) is 75.3 Å². The fourth-order valence-electron chi connectivity index (χ4n) is 2.10. The van der Waals surface area contributed by atoms with Gasteiger partial charge >= 0.3 is 0 Å². The summed E-state index contributed by atoms with van der Waals surface area (Å²) >= 11 is 0. The van der Waals surface area contributed by atoms with E-state index in [1.54, 1.807) is 6.08 Å². The lowest BCUT2D eigenvalue weighted by Gasteiger charge is -2.18. The van der Waals surface area contributed by atoms with Gasteiger partial charge in [-0.2, -0.15) is 0 Å². The van der Waals surface area contributed by atoms with E-state index in [1.807, 2.05) is 0 Å². The van der Waals surface area contributed by atoms with Gasteiger partial charge in [-0.3, -0.25) is 4.79 Å². The summed E-state index contributed by atoms with van der Waals surface area (Å²) in [6.45, 7) is 0.718. The minimum absolute atomic E-state index is 0.0415. The van der Waals surface area contributed by atoms with Crippen molar-refractivity contribution in [3.8, 4) is 0 Å². The number of carbonyl (C=O) groups excluding carboxylic acids is 1. The van der Waals surface area contributed by atoms with Gasteiger partial charge in [0, 0.05) is 30.5 Å². The highest BCUT2D eigenvalue weighted by molar-refractivity contribution is 7.94. The average Bonchev–Trinajstić information content (AvgIpc) is 2.41. The molecule has 0 aromatic heterocycles. The van der Waals surface area contributed by atoms with Crippen molar-refractivity contribution in [2.24, 2.45) is 0 Å². The van der Waals surface area contributed by atoms with Gasteiger partial charge in [0.15, 0.2) is 9.84 Å². The molecule has 1 saturated heterocycles. The molecule has 2 atom stereocenters. The maximum absolute atomic E-state index is 11.3. The summed E-state index contributed by atoms with van der Waals surface area (Å²) in [7, 11) is -3.01. The first-order chi connectivity index (χ1) is 7.55. The molecule has 0 aromatic carbocycles. The Morgan fingerprint density at radius 3 is 2.94 bits per heavy atom. The maximum atomic E-state index is 11.3. The Morgan fingerprint density at radius 1 is 1.44 bits per heavy atom.